The number of aromatic amines is 1. The predicted octanol–water partition coefficient (Wildman–Crippen LogP) is -0.0573. The SMILES string of the molecule is N[C@H]1CCN(Cc2cn[nH]c2)C1. The van der Waals surface area contributed by atoms with Gasteiger partial charge in [0.15, 0.2) is 0 Å². The van der Waals surface area contributed by atoms with E-state index in [1.807, 2.05) is 12.4 Å². The van der Waals surface area contributed by atoms with E-state index in [0.29, 0.717) is 6.04 Å². The normalized spacial score (nSPS) is 24.9. The van der Waals surface area contributed by atoms with Crippen molar-refractivity contribution in [2.75, 3.05) is 13.1 Å². The largest absolute Gasteiger partial charge is 0.326 e. The first-order chi connectivity index (χ1) is 5.84. The van der Waals surface area contributed by atoms with E-state index in [2.05, 4.69) is 15.1 Å². The van der Waals surface area contributed by atoms with Crippen molar-refractivity contribution in [2.24, 2.45) is 5.73 Å². The summed E-state index contributed by atoms with van der Waals surface area (Å²) in [6.07, 6.45) is 4.92. The second kappa shape index (κ2) is 3.25. The van der Waals surface area contributed by atoms with Gasteiger partial charge in [0.05, 0.1) is 6.20 Å². The predicted molar refractivity (Wildman–Crippen MR) is 46.5 cm³/mol. The second-order valence-electron chi connectivity index (χ2n) is 3.39. The van der Waals surface area contributed by atoms with E-state index in [1.165, 1.54) is 5.56 Å². The molecule has 0 unspecified atom stereocenters. The van der Waals surface area contributed by atoms with Crippen LogP contribution in [0.15, 0.2) is 12.4 Å². The molecule has 4 nitrogen and oxygen atoms in total. The lowest BCUT2D eigenvalue weighted by atomic mass is 10.3. The van der Waals surface area contributed by atoms with Crippen LogP contribution in [0.4, 0.5) is 0 Å². The maximum atomic E-state index is 5.79. The molecule has 1 aromatic heterocycles. The summed E-state index contributed by atoms with van der Waals surface area (Å²) in [5, 5.41) is 6.71. The van der Waals surface area contributed by atoms with Gasteiger partial charge < -0.3 is 5.73 Å². The standard InChI is InChI=1S/C8H14N4/c9-8-1-2-12(6-8)5-7-3-10-11-4-7/h3-4,8H,1-2,5-6,9H2,(H,10,11)/t8-/m0/s1. The van der Waals surface area contributed by atoms with E-state index in [-0.39, 0.29) is 0 Å². The zero-order chi connectivity index (χ0) is 8.39. The molecule has 1 aliphatic rings. The molecule has 0 aliphatic carbocycles. The van der Waals surface area contributed by atoms with Crippen molar-refractivity contribution in [3.8, 4) is 0 Å². The van der Waals surface area contributed by atoms with Gasteiger partial charge in [0.2, 0.25) is 0 Å². The molecule has 1 aliphatic heterocycles. The van der Waals surface area contributed by atoms with Crippen LogP contribution in [-0.2, 0) is 6.54 Å². The van der Waals surface area contributed by atoms with Crippen molar-refractivity contribution < 1.29 is 0 Å². The van der Waals surface area contributed by atoms with E-state index >= 15 is 0 Å². The lowest BCUT2D eigenvalue weighted by Crippen LogP contribution is -2.26. The van der Waals surface area contributed by atoms with Gasteiger partial charge in [0, 0.05) is 37.4 Å². The fourth-order valence-corrected chi connectivity index (χ4v) is 1.63. The van der Waals surface area contributed by atoms with Gasteiger partial charge in [0.25, 0.3) is 0 Å². The average molecular weight is 166 g/mol. The zero-order valence-corrected chi connectivity index (χ0v) is 7.03. The highest BCUT2D eigenvalue weighted by atomic mass is 15.2. The lowest BCUT2D eigenvalue weighted by Gasteiger charge is -2.12. The van der Waals surface area contributed by atoms with Gasteiger partial charge in [-0.15, -0.1) is 0 Å². The average Bonchev–Trinajstić information content (AvgIpc) is 2.63. The molecule has 1 atom stereocenters. The summed E-state index contributed by atoms with van der Waals surface area (Å²) in [5.41, 5.74) is 7.03. The molecular weight excluding hydrogens is 152 g/mol. The Bertz CT molecular complexity index is 231. The Morgan fingerprint density at radius 1 is 1.75 bits per heavy atom. The van der Waals surface area contributed by atoms with E-state index in [1.54, 1.807) is 0 Å². The monoisotopic (exact) mass is 166 g/mol. The second-order valence-corrected chi connectivity index (χ2v) is 3.39. The third-order valence-corrected chi connectivity index (χ3v) is 2.27. The number of likely N-dealkylation sites (tertiary alicyclic amines) is 1. The molecule has 0 amide bonds. The Balaban J connectivity index is 1.88. The number of H-pyrrole nitrogens is 1. The van der Waals surface area contributed by atoms with Crippen LogP contribution in [0.1, 0.15) is 12.0 Å². The first-order valence-electron chi connectivity index (χ1n) is 4.30. The van der Waals surface area contributed by atoms with Gasteiger partial charge in [-0.1, -0.05) is 0 Å². The highest BCUT2D eigenvalue weighted by Crippen LogP contribution is 2.10. The topological polar surface area (TPSA) is 57.9 Å². The number of nitrogens with zero attached hydrogens (tertiary/aromatic N) is 2. The van der Waals surface area contributed by atoms with Crippen molar-refractivity contribution >= 4 is 0 Å². The van der Waals surface area contributed by atoms with Crippen LogP contribution in [0.2, 0.25) is 0 Å². The molecule has 0 bridgehead atoms. The Kier molecular flexibility index (Phi) is 2.10. The first kappa shape index (κ1) is 7.76. The number of nitrogens with two attached hydrogens (primary N) is 1. The summed E-state index contributed by atoms with van der Waals surface area (Å²) in [5.74, 6) is 0. The number of nitrogens with one attached hydrogen (secondary N) is 1. The van der Waals surface area contributed by atoms with Gasteiger partial charge in [-0.3, -0.25) is 10.00 Å². The molecule has 1 saturated heterocycles. The molecule has 2 rings (SSSR count). The third kappa shape index (κ3) is 1.65. The van der Waals surface area contributed by atoms with Crippen LogP contribution < -0.4 is 5.73 Å². The Morgan fingerprint density at radius 3 is 3.25 bits per heavy atom. The van der Waals surface area contributed by atoms with E-state index in [0.717, 1.165) is 26.1 Å². The minimum absolute atomic E-state index is 0.372. The van der Waals surface area contributed by atoms with Gasteiger partial charge in [0.1, 0.15) is 0 Å². The van der Waals surface area contributed by atoms with E-state index in [4.69, 9.17) is 5.73 Å². The fraction of sp³-hybridized carbons (Fsp3) is 0.625. The molecule has 0 aromatic carbocycles. The van der Waals surface area contributed by atoms with Crippen molar-refractivity contribution in [2.45, 2.75) is 19.0 Å². The molecule has 0 radical (unpaired) electrons. The highest BCUT2D eigenvalue weighted by Gasteiger charge is 2.18. The molecule has 2 heterocycles. The third-order valence-electron chi connectivity index (χ3n) is 2.27. The molecular formula is C8H14N4. The highest BCUT2D eigenvalue weighted by molar-refractivity contribution is 5.02. The van der Waals surface area contributed by atoms with Crippen molar-refractivity contribution in [1.29, 1.82) is 0 Å². The van der Waals surface area contributed by atoms with E-state index < -0.39 is 0 Å². The Hall–Kier alpha value is -0.870. The van der Waals surface area contributed by atoms with E-state index in [9.17, 15) is 0 Å². The molecule has 1 aromatic rings. The lowest BCUT2D eigenvalue weighted by molar-refractivity contribution is 0.327. The maximum absolute atomic E-state index is 5.79. The smallest absolute Gasteiger partial charge is 0.0532 e. The van der Waals surface area contributed by atoms with Crippen LogP contribution in [0.5, 0.6) is 0 Å². The number of rotatable bonds is 2. The maximum Gasteiger partial charge on any atom is 0.0532 e. The van der Waals surface area contributed by atoms with Crippen LogP contribution in [-0.4, -0.2) is 34.2 Å². The number of hydrogen-bond donors (Lipinski definition) is 2. The number of hydrogen-bond acceptors (Lipinski definition) is 3. The van der Waals surface area contributed by atoms with Crippen LogP contribution in [0.3, 0.4) is 0 Å². The Labute approximate surface area is 71.7 Å². The molecule has 4 heteroatoms. The summed E-state index contributed by atoms with van der Waals surface area (Å²) < 4.78 is 0. The van der Waals surface area contributed by atoms with Crippen LogP contribution in [0.25, 0.3) is 0 Å². The summed E-state index contributed by atoms with van der Waals surface area (Å²) in [6, 6.07) is 0.372. The molecule has 1 fully saturated rings. The summed E-state index contributed by atoms with van der Waals surface area (Å²) in [6.45, 7) is 3.11. The summed E-state index contributed by atoms with van der Waals surface area (Å²) in [7, 11) is 0. The van der Waals surface area contributed by atoms with Crippen LogP contribution in [0, 0.1) is 0 Å². The first-order valence-corrected chi connectivity index (χ1v) is 4.30. The summed E-state index contributed by atoms with van der Waals surface area (Å²) >= 11 is 0. The Morgan fingerprint density at radius 2 is 2.67 bits per heavy atom. The van der Waals surface area contributed by atoms with Crippen LogP contribution >= 0.6 is 0 Å². The van der Waals surface area contributed by atoms with Gasteiger partial charge in [-0.2, -0.15) is 5.10 Å². The van der Waals surface area contributed by atoms with Crippen molar-refractivity contribution in [1.82, 2.24) is 15.1 Å². The molecule has 66 valence electrons. The zero-order valence-electron chi connectivity index (χ0n) is 7.03. The van der Waals surface area contributed by atoms with Gasteiger partial charge in [-0.05, 0) is 6.42 Å². The molecule has 3 N–H and O–H groups in total. The minimum atomic E-state index is 0.372. The molecule has 12 heavy (non-hydrogen) atoms. The van der Waals surface area contributed by atoms with Gasteiger partial charge in [-0.25, -0.2) is 0 Å². The quantitative estimate of drug-likeness (QED) is 0.647. The minimum Gasteiger partial charge on any atom is -0.326 e. The van der Waals surface area contributed by atoms with Crippen molar-refractivity contribution in [3.63, 3.8) is 0 Å². The summed E-state index contributed by atoms with van der Waals surface area (Å²) in [4.78, 5) is 2.36. The molecule has 0 saturated carbocycles. The van der Waals surface area contributed by atoms with Gasteiger partial charge >= 0.3 is 0 Å². The number of aromatic nitrogens is 2. The van der Waals surface area contributed by atoms with Crippen molar-refractivity contribution in [3.05, 3.63) is 18.0 Å². The molecule has 0 spiro atoms. The fourth-order valence-electron chi connectivity index (χ4n) is 1.63.